The van der Waals surface area contributed by atoms with Gasteiger partial charge in [0, 0.05) is 55.4 Å². The number of anilines is 3. The minimum atomic E-state index is -3.89. The first-order chi connectivity index (χ1) is 37.7. The average molecular weight is 1100 g/mol. The summed E-state index contributed by atoms with van der Waals surface area (Å²) in [4.78, 5) is 91.3. The third-order valence-electron chi connectivity index (χ3n) is 16.4. The van der Waals surface area contributed by atoms with Crippen molar-refractivity contribution in [3.8, 4) is 5.75 Å². The predicted octanol–water partition coefficient (Wildman–Crippen LogP) is 6.33. The number of aryl methyl sites for hydroxylation is 2. The van der Waals surface area contributed by atoms with Crippen LogP contribution < -0.4 is 30.9 Å². The number of likely N-dealkylation sites (tertiary alicyclic amines) is 1. The molecule has 9 rings (SSSR count). The lowest BCUT2D eigenvalue weighted by Crippen LogP contribution is -2.59. The Bertz CT molecular complexity index is 3190. The summed E-state index contributed by atoms with van der Waals surface area (Å²) in [7, 11) is -2.59. The zero-order valence-corrected chi connectivity index (χ0v) is 46.9. The van der Waals surface area contributed by atoms with Crippen molar-refractivity contribution in [3.63, 3.8) is 0 Å². The quantitative estimate of drug-likeness (QED) is 0.0630. The molecular weight excluding hydrogens is 1030 g/mol. The van der Waals surface area contributed by atoms with Crippen molar-refractivity contribution in [3.05, 3.63) is 83.2 Å². The number of H-pyrrole nitrogens is 1. The van der Waals surface area contributed by atoms with Crippen molar-refractivity contribution in [2.24, 2.45) is 11.8 Å². The molecule has 3 aromatic heterocycles. The fourth-order valence-corrected chi connectivity index (χ4v) is 12.5. The van der Waals surface area contributed by atoms with Crippen LogP contribution in [0, 0.1) is 25.7 Å². The minimum Gasteiger partial charge on any atom is -0.492 e. The van der Waals surface area contributed by atoms with Crippen molar-refractivity contribution >= 4 is 67.9 Å². The number of nitrogens with one attached hydrogen (secondary N) is 5. The summed E-state index contributed by atoms with van der Waals surface area (Å²) in [6, 6.07) is 7.24. The van der Waals surface area contributed by atoms with E-state index in [-0.39, 0.29) is 59.7 Å². The second-order valence-corrected chi connectivity index (χ2v) is 25.3. The molecule has 79 heavy (non-hydrogen) atoms. The molecule has 0 unspecified atom stereocenters. The molecule has 0 bridgehead atoms. The maximum atomic E-state index is 14.9. The van der Waals surface area contributed by atoms with E-state index < -0.39 is 62.6 Å². The monoisotopic (exact) mass is 1100 g/mol. The summed E-state index contributed by atoms with van der Waals surface area (Å²) in [5.41, 5.74) is 4.54. The van der Waals surface area contributed by atoms with Crippen LogP contribution in [0.2, 0.25) is 0 Å². The van der Waals surface area contributed by atoms with Gasteiger partial charge in [0.05, 0.1) is 35.3 Å². The summed E-state index contributed by atoms with van der Waals surface area (Å²) in [5, 5.41) is 29.8. The van der Waals surface area contributed by atoms with Gasteiger partial charge in [0.2, 0.25) is 17.7 Å². The smallest absolute Gasteiger partial charge is 0.407 e. The highest BCUT2D eigenvalue weighted by molar-refractivity contribution is 7.92. The lowest BCUT2D eigenvalue weighted by Gasteiger charge is -2.36. The molecule has 1 saturated carbocycles. The number of carbonyl (C=O) groups is 5. The van der Waals surface area contributed by atoms with Gasteiger partial charge in [0.1, 0.15) is 52.4 Å². The van der Waals surface area contributed by atoms with Crippen LogP contribution in [0.25, 0.3) is 10.9 Å². The number of carbonyl (C=O) groups excluding carboxylic acids is 4. The predicted molar refractivity (Wildman–Crippen MR) is 296 cm³/mol. The van der Waals surface area contributed by atoms with Crippen LogP contribution in [-0.4, -0.2) is 145 Å². The van der Waals surface area contributed by atoms with Crippen LogP contribution in [-0.2, 0) is 30.6 Å². The molecule has 422 valence electrons. The van der Waals surface area contributed by atoms with Crippen LogP contribution >= 0.6 is 0 Å². The number of fused-ring (bicyclic) bond motifs is 2. The third-order valence-corrected chi connectivity index (χ3v) is 18.9. The van der Waals surface area contributed by atoms with Gasteiger partial charge >= 0.3 is 6.09 Å². The van der Waals surface area contributed by atoms with Crippen LogP contribution in [0.5, 0.6) is 5.75 Å². The molecule has 2 aliphatic heterocycles. The second kappa shape index (κ2) is 23.5. The molecule has 23 heteroatoms. The molecule has 0 radical (unpaired) electrons. The molecule has 5 aromatic rings. The van der Waals surface area contributed by atoms with E-state index in [0.717, 1.165) is 65.8 Å². The van der Waals surface area contributed by atoms with Crippen LogP contribution in [0.15, 0.2) is 60.0 Å². The highest BCUT2D eigenvalue weighted by Crippen LogP contribution is 2.39. The van der Waals surface area contributed by atoms with Gasteiger partial charge in [0.15, 0.2) is 15.7 Å². The van der Waals surface area contributed by atoms with Crippen molar-refractivity contribution < 1.29 is 42.2 Å². The number of hydrogen-bond donors (Lipinski definition) is 6. The first-order valence-electron chi connectivity index (χ1n) is 27.5. The number of piperidine rings is 1. The molecule has 6 N–H and O–H groups in total. The minimum absolute atomic E-state index is 0.00872. The zero-order chi connectivity index (χ0) is 56.3. The number of hydrogen-bond acceptors (Lipinski definition) is 15. The van der Waals surface area contributed by atoms with Crippen molar-refractivity contribution in [1.29, 1.82) is 0 Å². The molecule has 5 heterocycles. The number of aromatic amines is 1. The van der Waals surface area contributed by atoms with E-state index in [1.807, 2.05) is 32.0 Å². The third kappa shape index (κ3) is 12.3. The molecule has 3 fully saturated rings. The molecule has 0 spiro atoms. The van der Waals surface area contributed by atoms with E-state index in [2.05, 4.69) is 62.4 Å². The number of sulfone groups is 1. The standard InChI is InChI=1S/C56H73N13O9S/c1-32-33(2)65-66-49(32)64-50-40-25-46(79(76,77)56(4,5)6)45(26-42(40)59-31-60-50)78-30-35-20-22-68(23-21-35)47-28-57-43(27-58-47)52(71)61-38-24-44(53(72)62-41-19-13-17-36-14-11-12-18-39(36)41)69(29-38)54(73)48(37-15-9-8-10-16-37)63-51(70)34(3)67(7)55(74)75/h11-12,14,18,25-28,31,34-35,37-38,41,44,48H,8-10,13,15-17,19-24,29-30H2,1-7H3,(H,61,71)(H,62,72)(H,63,70)(H,74,75)(H2,59,60,64,65,66)/t34-,38-,41+,44-,48-/m0/s1. The summed E-state index contributed by atoms with van der Waals surface area (Å²) >= 11 is 0. The Labute approximate surface area is 460 Å². The van der Waals surface area contributed by atoms with E-state index >= 15 is 0 Å². The SMILES string of the molecule is Cc1[nH]nc(Nc2ncnc3cc(OCC4CCN(c5cnc(C(=O)N[C@H]6C[C@@H](C(=O)N[C@@H]7CCCc8ccccc87)N(C(=O)[C@@H](NC(=O)[C@H](C)N(C)C(=O)O)C7CCCCC7)C6)cn5)CC4)c(S(=O)(=O)C(C)(C)C)cc23)c1C. The molecule has 2 aromatic carbocycles. The van der Waals surface area contributed by atoms with Gasteiger partial charge in [-0.15, -0.1) is 0 Å². The number of amides is 5. The number of carboxylic acid groups (broad SMARTS) is 1. The molecular formula is C56H73N13O9S. The molecule has 4 aliphatic rings. The summed E-state index contributed by atoms with van der Waals surface area (Å²) < 4.78 is 33.5. The average Bonchev–Trinajstić information content (AvgIpc) is 4.06. The Morgan fingerprint density at radius 3 is 2.34 bits per heavy atom. The summed E-state index contributed by atoms with van der Waals surface area (Å²) in [6.07, 6.45) is 11.2. The first-order valence-corrected chi connectivity index (χ1v) is 28.9. The summed E-state index contributed by atoms with van der Waals surface area (Å²) in [6.45, 7) is 11.7. The lowest BCUT2D eigenvalue weighted by atomic mass is 9.83. The van der Waals surface area contributed by atoms with Gasteiger partial charge in [-0.2, -0.15) is 5.10 Å². The Morgan fingerprint density at radius 2 is 1.66 bits per heavy atom. The molecule has 22 nitrogen and oxygen atoms in total. The largest absolute Gasteiger partial charge is 0.492 e. The Hall–Kier alpha value is -7.43. The number of nitrogens with zero attached hydrogens (tertiary/aromatic N) is 8. The van der Waals surface area contributed by atoms with Crippen molar-refractivity contribution in [2.75, 3.05) is 43.5 Å². The maximum absolute atomic E-state index is 14.9. The fraction of sp³-hybridized carbons (Fsp3) is 0.536. The molecule has 5 atom stereocenters. The maximum Gasteiger partial charge on any atom is 0.407 e. The van der Waals surface area contributed by atoms with Gasteiger partial charge in [-0.3, -0.25) is 29.2 Å². The summed E-state index contributed by atoms with van der Waals surface area (Å²) in [5.74, 6) is -0.328. The number of ether oxygens (including phenoxy) is 1. The first kappa shape index (κ1) is 56.3. The van der Waals surface area contributed by atoms with Crippen molar-refractivity contribution in [2.45, 2.75) is 152 Å². The van der Waals surface area contributed by atoms with E-state index in [4.69, 9.17) is 4.74 Å². The number of likely N-dealkylation sites (N-methyl/N-ethyl adjacent to an activating group) is 1. The molecule has 5 amide bonds. The molecule has 2 aliphatic carbocycles. The molecule has 2 saturated heterocycles. The Kier molecular flexibility index (Phi) is 16.7. The van der Waals surface area contributed by atoms with Gasteiger partial charge in [-0.05, 0) is 122 Å². The zero-order valence-electron chi connectivity index (χ0n) is 46.0. The fourth-order valence-electron chi connectivity index (χ4n) is 11.2. The van der Waals surface area contributed by atoms with E-state index in [1.165, 1.54) is 31.4 Å². The second-order valence-electron chi connectivity index (χ2n) is 22.6. The van der Waals surface area contributed by atoms with Crippen LogP contribution in [0.4, 0.5) is 22.2 Å². The van der Waals surface area contributed by atoms with Gasteiger partial charge in [-0.1, -0.05) is 43.5 Å². The van der Waals surface area contributed by atoms with Crippen LogP contribution in [0.3, 0.4) is 0 Å². The van der Waals surface area contributed by atoms with Crippen molar-refractivity contribution in [1.82, 2.24) is 55.9 Å². The lowest BCUT2D eigenvalue weighted by molar-refractivity contribution is -0.143. The number of benzene rings is 2. The normalized spacial score (nSPS) is 20.0. The highest BCUT2D eigenvalue weighted by atomic mass is 32.2. The van der Waals surface area contributed by atoms with Gasteiger partial charge in [0.25, 0.3) is 5.91 Å². The van der Waals surface area contributed by atoms with Crippen LogP contribution in [0.1, 0.15) is 131 Å². The van der Waals surface area contributed by atoms with E-state index in [1.54, 1.807) is 39.1 Å². The number of aromatic nitrogens is 6. The topological polar surface area (TPSA) is 287 Å². The van der Waals surface area contributed by atoms with Gasteiger partial charge in [-0.25, -0.2) is 33.1 Å². The van der Waals surface area contributed by atoms with E-state index in [9.17, 15) is 37.5 Å². The highest BCUT2D eigenvalue weighted by Gasteiger charge is 2.46. The van der Waals surface area contributed by atoms with E-state index in [0.29, 0.717) is 67.1 Å². The van der Waals surface area contributed by atoms with Gasteiger partial charge < -0.3 is 40.9 Å². The Morgan fingerprint density at radius 1 is 0.911 bits per heavy atom. The number of rotatable bonds is 16. The Balaban J connectivity index is 0.859.